The molecule has 0 radical (unpaired) electrons. The number of nitrogens with zero attached hydrogens (tertiary/aromatic N) is 2. The molecule has 0 spiro atoms. The van der Waals surface area contributed by atoms with Gasteiger partial charge in [-0.1, -0.05) is 72.9 Å². The zero-order valence-corrected chi connectivity index (χ0v) is 27.4. The molecule has 0 unspecified atom stereocenters. The average Bonchev–Trinajstić information content (AvgIpc) is 3.01. The summed E-state index contributed by atoms with van der Waals surface area (Å²) in [5.41, 5.74) is 1.69. The van der Waals surface area contributed by atoms with Gasteiger partial charge in [0, 0.05) is 47.2 Å². The minimum atomic E-state index is -4.38. The molecular formula is C33H33Cl2N3O6S. The van der Waals surface area contributed by atoms with Gasteiger partial charge in [0.05, 0.1) is 17.2 Å². The van der Waals surface area contributed by atoms with Gasteiger partial charge in [-0.2, -0.15) is 0 Å². The van der Waals surface area contributed by atoms with Gasteiger partial charge in [0.15, 0.2) is 0 Å². The Bertz CT molecular complexity index is 1830. The van der Waals surface area contributed by atoms with Crippen LogP contribution < -0.4 is 9.62 Å². The molecule has 45 heavy (non-hydrogen) atoms. The number of nitrogens with one attached hydrogen (secondary N) is 1. The fourth-order valence-corrected chi connectivity index (χ4v) is 6.81. The van der Waals surface area contributed by atoms with Gasteiger partial charge in [-0.05, 0) is 59.8 Å². The van der Waals surface area contributed by atoms with Gasteiger partial charge in [-0.15, -0.1) is 0 Å². The number of hydrogen-bond acceptors (Lipinski definition) is 6. The predicted molar refractivity (Wildman–Crippen MR) is 176 cm³/mol. The van der Waals surface area contributed by atoms with Crippen LogP contribution in [-0.2, 0) is 26.1 Å². The van der Waals surface area contributed by atoms with Crippen LogP contribution >= 0.6 is 23.2 Å². The molecule has 1 N–H and O–H groups in total. The minimum Gasteiger partial charge on any atom is -0.464 e. The highest BCUT2D eigenvalue weighted by atomic mass is 35.5. The number of benzene rings is 4. The van der Waals surface area contributed by atoms with Gasteiger partial charge in [0.1, 0.15) is 6.54 Å². The van der Waals surface area contributed by atoms with Gasteiger partial charge in [0.25, 0.3) is 21.8 Å². The van der Waals surface area contributed by atoms with Crippen LogP contribution in [0.5, 0.6) is 0 Å². The Kier molecular flexibility index (Phi) is 11.1. The molecule has 4 rings (SSSR count). The van der Waals surface area contributed by atoms with Gasteiger partial charge in [0.2, 0.25) is 0 Å². The second kappa shape index (κ2) is 14.8. The molecule has 0 aromatic heterocycles. The van der Waals surface area contributed by atoms with Crippen molar-refractivity contribution in [3.8, 4) is 0 Å². The van der Waals surface area contributed by atoms with E-state index in [4.69, 9.17) is 27.9 Å². The first-order valence-corrected chi connectivity index (χ1v) is 16.4. The van der Waals surface area contributed by atoms with Crippen molar-refractivity contribution in [3.05, 3.63) is 106 Å². The standard InChI is InChI=1S/C33H33Cl2N3O6S/c1-4-5-15-44-31(39)21-38(45(42,43)26-18-24(34)17-25(35)19-26)30-14-8-11-27-28(30)12-7-13-29(27)32(40)36-20-22-9-6-10-23(16-22)33(41)37(2)3/h6-14,16-19H,4-5,15,20-21H2,1-3H3,(H,36,40). The molecule has 12 heteroatoms. The number of anilines is 1. The largest absolute Gasteiger partial charge is 0.464 e. The first-order valence-electron chi connectivity index (χ1n) is 14.2. The van der Waals surface area contributed by atoms with E-state index in [-0.39, 0.29) is 39.7 Å². The Morgan fingerprint density at radius 1 is 0.867 bits per heavy atom. The van der Waals surface area contributed by atoms with Crippen LogP contribution in [0.1, 0.15) is 46.0 Å². The average molecular weight is 671 g/mol. The normalized spacial score (nSPS) is 11.2. The summed E-state index contributed by atoms with van der Waals surface area (Å²) >= 11 is 12.3. The lowest BCUT2D eigenvalue weighted by Crippen LogP contribution is -2.37. The van der Waals surface area contributed by atoms with Crippen LogP contribution in [0.3, 0.4) is 0 Å². The molecule has 9 nitrogen and oxygen atoms in total. The van der Waals surface area contributed by atoms with Gasteiger partial charge < -0.3 is 15.0 Å². The molecule has 4 aromatic carbocycles. The van der Waals surface area contributed by atoms with Crippen molar-refractivity contribution in [2.75, 3.05) is 31.6 Å². The summed E-state index contributed by atoms with van der Waals surface area (Å²) in [5.74, 6) is -1.29. The number of hydrogen-bond donors (Lipinski definition) is 1. The molecule has 2 amide bonds. The third-order valence-corrected chi connectivity index (χ3v) is 9.08. The molecule has 0 heterocycles. The van der Waals surface area contributed by atoms with Crippen LogP contribution in [0.4, 0.5) is 5.69 Å². The molecule has 0 bridgehead atoms. The van der Waals surface area contributed by atoms with E-state index in [1.165, 1.54) is 23.1 Å². The van der Waals surface area contributed by atoms with Crippen molar-refractivity contribution in [1.82, 2.24) is 10.2 Å². The van der Waals surface area contributed by atoms with Gasteiger partial charge in [-0.25, -0.2) is 8.42 Å². The lowest BCUT2D eigenvalue weighted by atomic mass is 10.0. The SMILES string of the molecule is CCCCOC(=O)CN(c1cccc2c(C(=O)NCc3cccc(C(=O)N(C)C)c3)cccc12)S(=O)(=O)c1cc(Cl)cc(Cl)c1. The number of esters is 1. The summed E-state index contributed by atoms with van der Waals surface area (Å²) < 4.78 is 34.3. The third-order valence-electron chi connectivity index (χ3n) is 6.90. The first kappa shape index (κ1) is 33.8. The van der Waals surface area contributed by atoms with E-state index in [2.05, 4.69) is 5.32 Å². The van der Waals surface area contributed by atoms with Crippen molar-refractivity contribution >= 4 is 67.5 Å². The van der Waals surface area contributed by atoms with Crippen LogP contribution in [0.2, 0.25) is 10.0 Å². The highest BCUT2D eigenvalue weighted by Gasteiger charge is 2.30. The molecule has 0 aliphatic rings. The Morgan fingerprint density at radius 3 is 2.22 bits per heavy atom. The monoisotopic (exact) mass is 669 g/mol. The Morgan fingerprint density at radius 2 is 1.53 bits per heavy atom. The number of carbonyl (C=O) groups excluding carboxylic acids is 3. The molecule has 0 atom stereocenters. The highest BCUT2D eigenvalue weighted by molar-refractivity contribution is 7.93. The molecule has 0 fully saturated rings. The maximum Gasteiger partial charge on any atom is 0.326 e. The highest BCUT2D eigenvalue weighted by Crippen LogP contribution is 2.34. The molecule has 0 aliphatic heterocycles. The van der Waals surface area contributed by atoms with Crippen LogP contribution in [-0.4, -0.2) is 58.3 Å². The minimum absolute atomic E-state index is 0.111. The maximum atomic E-state index is 14.0. The number of sulfonamides is 1. The summed E-state index contributed by atoms with van der Waals surface area (Å²) in [5, 5.41) is 3.99. The van der Waals surface area contributed by atoms with E-state index in [9.17, 15) is 22.8 Å². The lowest BCUT2D eigenvalue weighted by Gasteiger charge is -2.25. The second-order valence-electron chi connectivity index (χ2n) is 10.5. The molecule has 0 aliphatic carbocycles. The van der Waals surface area contributed by atoms with Crippen molar-refractivity contribution in [3.63, 3.8) is 0 Å². The number of amides is 2. The van der Waals surface area contributed by atoms with Crippen molar-refractivity contribution in [2.24, 2.45) is 0 Å². The van der Waals surface area contributed by atoms with E-state index in [1.807, 2.05) is 6.92 Å². The second-order valence-corrected chi connectivity index (χ2v) is 13.2. The van der Waals surface area contributed by atoms with Gasteiger partial charge >= 0.3 is 5.97 Å². The summed E-state index contributed by atoms with van der Waals surface area (Å²) in [7, 11) is -1.05. The van der Waals surface area contributed by atoms with Crippen LogP contribution in [0, 0.1) is 0 Å². The third kappa shape index (κ3) is 8.13. The lowest BCUT2D eigenvalue weighted by molar-refractivity contribution is -0.141. The molecule has 0 saturated heterocycles. The van der Waals surface area contributed by atoms with Crippen LogP contribution in [0.15, 0.2) is 83.8 Å². The topological polar surface area (TPSA) is 113 Å². The fourth-order valence-electron chi connectivity index (χ4n) is 4.66. The Hall–Kier alpha value is -4.12. The van der Waals surface area contributed by atoms with E-state index in [1.54, 1.807) is 74.8 Å². The molecule has 0 saturated carbocycles. The number of carbonyl (C=O) groups is 3. The number of rotatable bonds is 12. The van der Waals surface area contributed by atoms with Crippen molar-refractivity contribution in [1.29, 1.82) is 0 Å². The van der Waals surface area contributed by atoms with E-state index in [0.717, 1.165) is 16.3 Å². The first-order chi connectivity index (χ1) is 21.4. The van der Waals surface area contributed by atoms with E-state index >= 15 is 0 Å². The smallest absolute Gasteiger partial charge is 0.326 e. The zero-order valence-electron chi connectivity index (χ0n) is 25.0. The van der Waals surface area contributed by atoms with E-state index in [0.29, 0.717) is 28.3 Å². The van der Waals surface area contributed by atoms with E-state index < -0.39 is 28.4 Å². The molecule has 236 valence electrons. The Balaban J connectivity index is 1.71. The molecular weight excluding hydrogens is 637 g/mol. The number of ether oxygens (including phenoxy) is 1. The number of unbranched alkanes of at least 4 members (excludes halogenated alkanes) is 1. The van der Waals surface area contributed by atoms with Crippen molar-refractivity contribution in [2.45, 2.75) is 31.2 Å². The summed E-state index contributed by atoms with van der Waals surface area (Å²) in [6.45, 7) is 1.63. The van der Waals surface area contributed by atoms with Crippen LogP contribution in [0.25, 0.3) is 10.8 Å². The Labute approximate surface area is 272 Å². The van der Waals surface area contributed by atoms with Gasteiger partial charge in [-0.3, -0.25) is 18.7 Å². The summed E-state index contributed by atoms with van der Waals surface area (Å²) in [6, 6.07) is 20.7. The quantitative estimate of drug-likeness (QED) is 0.140. The number of fused-ring (bicyclic) bond motifs is 1. The maximum absolute atomic E-state index is 14.0. The summed E-state index contributed by atoms with van der Waals surface area (Å²) in [4.78, 5) is 39.9. The van der Waals surface area contributed by atoms with Crippen molar-refractivity contribution < 1.29 is 27.5 Å². The predicted octanol–water partition coefficient (Wildman–Crippen LogP) is 6.32. The molecule has 4 aromatic rings. The summed E-state index contributed by atoms with van der Waals surface area (Å²) in [6.07, 6.45) is 1.43. The zero-order chi connectivity index (χ0) is 32.7. The fraction of sp³-hybridized carbons (Fsp3) is 0.242. The number of halogens is 2.